The highest BCUT2D eigenvalue weighted by molar-refractivity contribution is 14.1. The molecule has 0 unspecified atom stereocenters. The molecule has 2 nitrogen and oxygen atoms in total. The molecule has 2 rings (SSSR count). The van der Waals surface area contributed by atoms with Crippen LogP contribution in [0.3, 0.4) is 0 Å². The fourth-order valence-electron chi connectivity index (χ4n) is 1.73. The van der Waals surface area contributed by atoms with Crippen LogP contribution in [-0.2, 0) is 0 Å². The third-order valence-electron chi connectivity index (χ3n) is 2.45. The van der Waals surface area contributed by atoms with Gasteiger partial charge in [0.1, 0.15) is 5.82 Å². The van der Waals surface area contributed by atoms with Gasteiger partial charge in [-0.15, -0.1) is 0 Å². The van der Waals surface area contributed by atoms with Crippen LogP contribution >= 0.6 is 22.6 Å². The molecule has 1 aromatic heterocycles. The van der Waals surface area contributed by atoms with Gasteiger partial charge >= 0.3 is 0 Å². The highest BCUT2D eigenvalue weighted by atomic mass is 127. The van der Waals surface area contributed by atoms with E-state index in [0.29, 0.717) is 11.7 Å². The molecular formula is C12H13IN2. The van der Waals surface area contributed by atoms with Gasteiger partial charge in [0.15, 0.2) is 0 Å². The summed E-state index contributed by atoms with van der Waals surface area (Å²) >= 11 is 2.29. The SMILES string of the molecule is CC(C)c1cc(N)nc2cc(I)ccc12. The van der Waals surface area contributed by atoms with Gasteiger partial charge in [-0.2, -0.15) is 0 Å². The van der Waals surface area contributed by atoms with Gasteiger partial charge in [-0.3, -0.25) is 0 Å². The number of rotatable bonds is 1. The molecule has 3 heteroatoms. The molecule has 0 aliphatic heterocycles. The maximum atomic E-state index is 5.80. The van der Waals surface area contributed by atoms with Gasteiger partial charge < -0.3 is 5.73 Å². The number of anilines is 1. The number of halogens is 1. The van der Waals surface area contributed by atoms with Crippen LogP contribution in [-0.4, -0.2) is 4.98 Å². The van der Waals surface area contributed by atoms with Gasteiger partial charge in [0, 0.05) is 8.96 Å². The van der Waals surface area contributed by atoms with Crippen LogP contribution in [0.2, 0.25) is 0 Å². The van der Waals surface area contributed by atoms with Crippen LogP contribution < -0.4 is 5.73 Å². The number of nitrogens with zero attached hydrogens (tertiary/aromatic N) is 1. The molecule has 0 saturated carbocycles. The predicted molar refractivity (Wildman–Crippen MR) is 73.0 cm³/mol. The van der Waals surface area contributed by atoms with Crippen LogP contribution in [0, 0.1) is 3.57 Å². The Balaban J connectivity index is 2.80. The highest BCUT2D eigenvalue weighted by Gasteiger charge is 2.07. The predicted octanol–water partition coefficient (Wildman–Crippen LogP) is 3.55. The minimum absolute atomic E-state index is 0.470. The number of nitrogens with two attached hydrogens (primary N) is 1. The van der Waals surface area contributed by atoms with Gasteiger partial charge in [-0.25, -0.2) is 4.98 Å². The molecule has 0 spiro atoms. The number of fused-ring (bicyclic) bond motifs is 1. The molecule has 2 N–H and O–H groups in total. The first-order valence-electron chi connectivity index (χ1n) is 4.93. The van der Waals surface area contributed by atoms with Crippen molar-refractivity contribution in [3.8, 4) is 0 Å². The third-order valence-corrected chi connectivity index (χ3v) is 3.12. The van der Waals surface area contributed by atoms with Crippen molar-refractivity contribution in [3.63, 3.8) is 0 Å². The van der Waals surface area contributed by atoms with E-state index in [1.165, 1.54) is 14.5 Å². The summed E-state index contributed by atoms with van der Waals surface area (Å²) in [5.74, 6) is 1.08. The first-order valence-corrected chi connectivity index (χ1v) is 6.01. The second-order valence-corrected chi connectivity index (χ2v) is 5.20. The Morgan fingerprint density at radius 3 is 2.67 bits per heavy atom. The molecule has 0 atom stereocenters. The van der Waals surface area contributed by atoms with Gasteiger partial charge in [-0.1, -0.05) is 19.9 Å². The molecule has 2 aromatic rings. The van der Waals surface area contributed by atoms with Crippen molar-refractivity contribution in [2.75, 3.05) is 5.73 Å². The van der Waals surface area contributed by atoms with E-state index in [4.69, 9.17) is 5.73 Å². The Bertz CT molecular complexity index is 501. The maximum absolute atomic E-state index is 5.80. The van der Waals surface area contributed by atoms with Crippen LogP contribution in [0.1, 0.15) is 25.3 Å². The molecule has 0 amide bonds. The molecule has 1 heterocycles. The Kier molecular flexibility index (Phi) is 2.82. The lowest BCUT2D eigenvalue weighted by Gasteiger charge is -2.10. The molecule has 0 aliphatic rings. The van der Waals surface area contributed by atoms with E-state index >= 15 is 0 Å². The van der Waals surface area contributed by atoms with E-state index in [9.17, 15) is 0 Å². The molecule has 1 aromatic carbocycles. The average Bonchev–Trinajstić information content (AvgIpc) is 2.15. The number of pyridine rings is 1. The minimum atomic E-state index is 0.470. The Labute approximate surface area is 103 Å². The molecule has 0 aliphatic carbocycles. The lowest BCUT2D eigenvalue weighted by Crippen LogP contribution is -1.97. The second-order valence-electron chi connectivity index (χ2n) is 3.95. The molecule has 15 heavy (non-hydrogen) atoms. The quantitative estimate of drug-likeness (QED) is 0.818. The van der Waals surface area contributed by atoms with Crippen molar-refractivity contribution < 1.29 is 0 Å². The van der Waals surface area contributed by atoms with Crippen molar-refractivity contribution in [1.29, 1.82) is 0 Å². The number of aromatic nitrogens is 1. The van der Waals surface area contributed by atoms with Gasteiger partial charge in [0.05, 0.1) is 5.52 Å². The molecule has 78 valence electrons. The first kappa shape index (κ1) is 10.7. The van der Waals surface area contributed by atoms with Crippen molar-refractivity contribution >= 4 is 39.3 Å². The highest BCUT2D eigenvalue weighted by Crippen LogP contribution is 2.27. The molecular weight excluding hydrogens is 299 g/mol. The summed E-state index contributed by atoms with van der Waals surface area (Å²) in [7, 11) is 0. The van der Waals surface area contributed by atoms with Gasteiger partial charge in [-0.05, 0) is 52.3 Å². The van der Waals surface area contributed by atoms with E-state index in [-0.39, 0.29) is 0 Å². The fourth-order valence-corrected chi connectivity index (χ4v) is 2.20. The number of hydrogen-bond donors (Lipinski definition) is 1. The Hall–Kier alpha value is -0.840. The van der Waals surface area contributed by atoms with Crippen molar-refractivity contribution in [1.82, 2.24) is 4.98 Å². The summed E-state index contributed by atoms with van der Waals surface area (Å²) in [5.41, 5.74) is 8.06. The summed E-state index contributed by atoms with van der Waals surface area (Å²) in [6.45, 7) is 4.35. The van der Waals surface area contributed by atoms with Crippen molar-refractivity contribution in [2.24, 2.45) is 0 Å². The second kappa shape index (κ2) is 3.96. The van der Waals surface area contributed by atoms with Crippen LogP contribution in [0.4, 0.5) is 5.82 Å². The minimum Gasteiger partial charge on any atom is -0.384 e. The lowest BCUT2D eigenvalue weighted by molar-refractivity contribution is 0.875. The zero-order valence-electron chi connectivity index (χ0n) is 8.79. The molecule has 0 saturated heterocycles. The average molecular weight is 312 g/mol. The summed E-state index contributed by atoms with van der Waals surface area (Å²) in [4.78, 5) is 4.35. The summed E-state index contributed by atoms with van der Waals surface area (Å²) in [6, 6.07) is 8.27. The Morgan fingerprint density at radius 2 is 2.00 bits per heavy atom. The largest absolute Gasteiger partial charge is 0.384 e. The zero-order chi connectivity index (χ0) is 11.0. The first-order chi connectivity index (χ1) is 7.08. The van der Waals surface area contributed by atoms with E-state index in [0.717, 1.165) is 5.52 Å². The standard InChI is InChI=1S/C12H13IN2/c1-7(2)10-6-12(14)15-11-5-8(13)3-4-9(10)11/h3-7H,1-2H3,(H2,14,15). The fraction of sp³-hybridized carbons (Fsp3) is 0.250. The van der Waals surface area contributed by atoms with Crippen molar-refractivity contribution in [2.45, 2.75) is 19.8 Å². The van der Waals surface area contributed by atoms with E-state index < -0.39 is 0 Å². The lowest BCUT2D eigenvalue weighted by atomic mass is 9.99. The molecule has 0 fully saturated rings. The summed E-state index contributed by atoms with van der Waals surface area (Å²) in [6.07, 6.45) is 0. The molecule has 0 bridgehead atoms. The smallest absolute Gasteiger partial charge is 0.124 e. The number of hydrogen-bond acceptors (Lipinski definition) is 2. The number of nitrogen functional groups attached to an aromatic ring is 1. The Morgan fingerprint density at radius 1 is 1.27 bits per heavy atom. The zero-order valence-corrected chi connectivity index (χ0v) is 10.9. The van der Waals surface area contributed by atoms with Crippen LogP contribution in [0.15, 0.2) is 24.3 Å². The monoisotopic (exact) mass is 312 g/mol. The van der Waals surface area contributed by atoms with E-state index in [2.05, 4.69) is 59.6 Å². The van der Waals surface area contributed by atoms with E-state index in [1.807, 2.05) is 6.07 Å². The van der Waals surface area contributed by atoms with Crippen molar-refractivity contribution in [3.05, 3.63) is 33.4 Å². The van der Waals surface area contributed by atoms with Crippen LogP contribution in [0.25, 0.3) is 10.9 Å². The van der Waals surface area contributed by atoms with Gasteiger partial charge in [0.25, 0.3) is 0 Å². The number of benzene rings is 1. The normalized spacial score (nSPS) is 11.2. The topological polar surface area (TPSA) is 38.9 Å². The maximum Gasteiger partial charge on any atom is 0.124 e. The molecule has 0 radical (unpaired) electrons. The third kappa shape index (κ3) is 2.07. The summed E-state index contributed by atoms with van der Waals surface area (Å²) < 4.78 is 1.19. The van der Waals surface area contributed by atoms with E-state index in [1.54, 1.807) is 0 Å². The summed E-state index contributed by atoms with van der Waals surface area (Å²) in [5, 5.41) is 1.21. The van der Waals surface area contributed by atoms with Gasteiger partial charge in [0.2, 0.25) is 0 Å². The van der Waals surface area contributed by atoms with Crippen LogP contribution in [0.5, 0.6) is 0 Å².